The highest BCUT2D eigenvalue weighted by atomic mass is 16.7. The highest BCUT2D eigenvalue weighted by molar-refractivity contribution is 5.74. The second-order valence-corrected chi connectivity index (χ2v) is 20.3. The van der Waals surface area contributed by atoms with Gasteiger partial charge in [0.25, 0.3) is 0 Å². The highest BCUT2D eigenvalue weighted by Gasteiger charge is 2.50. The van der Waals surface area contributed by atoms with E-state index in [1.807, 2.05) is 12.2 Å². The van der Waals surface area contributed by atoms with Crippen molar-refractivity contribution in [2.24, 2.45) is 0 Å². The topological polar surface area (TPSA) is 175 Å². The van der Waals surface area contributed by atoms with Crippen molar-refractivity contribution in [1.29, 1.82) is 0 Å². The van der Waals surface area contributed by atoms with Crippen molar-refractivity contribution in [1.82, 2.24) is 0 Å². The van der Waals surface area contributed by atoms with E-state index in [-0.39, 0.29) is 25.9 Å². The third-order valence-corrected chi connectivity index (χ3v) is 13.3. The molecule has 6 unspecified atom stereocenters. The van der Waals surface area contributed by atoms with Crippen LogP contribution in [0.2, 0.25) is 0 Å². The van der Waals surface area contributed by atoms with Crippen molar-refractivity contribution in [3.8, 4) is 0 Å². The van der Waals surface area contributed by atoms with Gasteiger partial charge >= 0.3 is 23.9 Å². The molecule has 75 heavy (non-hydrogen) atoms. The third kappa shape index (κ3) is 41.0. The van der Waals surface area contributed by atoms with Gasteiger partial charge in [0.15, 0.2) is 24.6 Å². The normalized spacial score (nSPS) is 18.7. The van der Waals surface area contributed by atoms with E-state index in [2.05, 4.69) is 81.5 Å². The molecule has 1 aliphatic rings. The fourth-order valence-electron chi connectivity index (χ4n) is 8.75. The first-order valence-electron chi connectivity index (χ1n) is 29.9. The smallest absolute Gasteiger partial charge is 0.335 e. The Balaban J connectivity index is 2.67. The van der Waals surface area contributed by atoms with Crippen molar-refractivity contribution in [2.45, 2.75) is 289 Å². The van der Waals surface area contributed by atoms with Crippen LogP contribution >= 0.6 is 0 Å². The largest absolute Gasteiger partial charge is 0.479 e. The molecule has 12 nitrogen and oxygen atoms in total. The van der Waals surface area contributed by atoms with Gasteiger partial charge in [-0.05, 0) is 57.8 Å². The molecule has 0 aromatic rings. The number of aliphatic carboxylic acids is 1. The maximum atomic E-state index is 13.1. The zero-order valence-corrected chi connectivity index (χ0v) is 47.3. The lowest BCUT2D eigenvalue weighted by Gasteiger charge is -2.40. The fourth-order valence-corrected chi connectivity index (χ4v) is 8.75. The number of ether oxygens (including phenoxy) is 5. The number of aliphatic hydroxyl groups excluding tert-OH is 2. The molecule has 0 amide bonds. The molecule has 6 atom stereocenters. The summed E-state index contributed by atoms with van der Waals surface area (Å²) in [5, 5.41) is 31.5. The lowest BCUT2D eigenvalue weighted by Crippen LogP contribution is -2.61. The Hall–Kier alpha value is -3.84. The molecule has 0 aromatic carbocycles. The number of carbonyl (C=O) groups is 4. The van der Waals surface area contributed by atoms with Crippen LogP contribution in [0.4, 0.5) is 0 Å². The summed E-state index contributed by atoms with van der Waals surface area (Å²) in [6.45, 7) is 5.80. The van der Waals surface area contributed by atoms with Gasteiger partial charge in [0.1, 0.15) is 18.8 Å². The van der Waals surface area contributed by atoms with Gasteiger partial charge in [-0.1, -0.05) is 248 Å². The van der Waals surface area contributed by atoms with Gasteiger partial charge in [-0.3, -0.25) is 14.4 Å². The molecule has 1 heterocycles. The number of allylic oxidation sites excluding steroid dienone is 12. The standard InChI is InChI=1S/C63H106O12/c1-4-7-10-13-16-19-21-23-25-27-28-30-31-33-35-38-40-43-46-49-55(64)71-52-54(73-56(65)50-47-44-41-37-18-15-12-9-6-3)53-72-63-61(59(68)58(67)60(75-63)62(69)70)74-57(66)51-48-45-42-39-36-34-32-29-26-24-22-20-17-14-11-8-5-2/h7,10,16,19,23,25,28,30,33,35,40,43,54,58-61,63,67-68H,4-6,8-9,11-15,17-18,20-22,24,26-27,29,31-32,34,36-39,41-42,44-53H2,1-3H3,(H,69,70)/b10-7-,19-16-,25-23-,30-28-,35-33-,43-40-. The van der Waals surface area contributed by atoms with E-state index >= 15 is 0 Å². The average molecular weight is 1060 g/mol. The quantitative estimate of drug-likeness (QED) is 0.0228. The lowest BCUT2D eigenvalue weighted by molar-refractivity contribution is -0.301. The van der Waals surface area contributed by atoms with Gasteiger partial charge in [0, 0.05) is 19.3 Å². The van der Waals surface area contributed by atoms with Gasteiger partial charge in [0.05, 0.1) is 6.61 Å². The molecule has 3 N–H and O–H groups in total. The Kier molecular flexibility index (Phi) is 47.0. The Morgan fingerprint density at radius 2 is 0.840 bits per heavy atom. The zero-order chi connectivity index (χ0) is 54.7. The minimum absolute atomic E-state index is 0.0562. The molecule has 0 saturated carbocycles. The van der Waals surface area contributed by atoms with E-state index in [9.17, 15) is 34.5 Å². The average Bonchev–Trinajstić information content (AvgIpc) is 3.39. The number of aliphatic hydroxyl groups is 2. The summed E-state index contributed by atoms with van der Waals surface area (Å²) in [5.41, 5.74) is 0. The van der Waals surface area contributed by atoms with Crippen LogP contribution in [0.3, 0.4) is 0 Å². The fraction of sp³-hybridized carbons (Fsp3) is 0.746. The predicted molar refractivity (Wildman–Crippen MR) is 303 cm³/mol. The number of carboxylic acid groups (broad SMARTS) is 1. The molecule has 430 valence electrons. The van der Waals surface area contributed by atoms with Gasteiger partial charge in [-0.15, -0.1) is 0 Å². The van der Waals surface area contributed by atoms with Crippen LogP contribution in [0.1, 0.15) is 252 Å². The Morgan fingerprint density at radius 3 is 1.25 bits per heavy atom. The highest BCUT2D eigenvalue weighted by Crippen LogP contribution is 2.26. The van der Waals surface area contributed by atoms with Gasteiger partial charge in [-0.25, -0.2) is 4.79 Å². The summed E-state index contributed by atoms with van der Waals surface area (Å²) in [6.07, 6.45) is 51.9. The summed E-state index contributed by atoms with van der Waals surface area (Å²) in [4.78, 5) is 51.0. The number of esters is 3. The minimum Gasteiger partial charge on any atom is -0.479 e. The van der Waals surface area contributed by atoms with E-state index in [0.29, 0.717) is 19.3 Å². The second kappa shape index (κ2) is 50.9. The molecule has 1 fully saturated rings. The van der Waals surface area contributed by atoms with Crippen molar-refractivity contribution in [2.75, 3.05) is 13.2 Å². The van der Waals surface area contributed by atoms with Gasteiger partial charge in [0.2, 0.25) is 0 Å². The van der Waals surface area contributed by atoms with Crippen molar-refractivity contribution in [3.63, 3.8) is 0 Å². The molecule has 0 aromatic heterocycles. The van der Waals surface area contributed by atoms with Crippen LogP contribution in [0.25, 0.3) is 0 Å². The molecular weight excluding hydrogens is 949 g/mol. The summed E-state index contributed by atoms with van der Waals surface area (Å²) >= 11 is 0. The van der Waals surface area contributed by atoms with Crippen LogP contribution in [0, 0.1) is 0 Å². The molecule has 0 bridgehead atoms. The van der Waals surface area contributed by atoms with Crippen LogP contribution in [-0.2, 0) is 42.9 Å². The SMILES string of the molecule is CC/C=C\C/C=C\C/C=C\C/C=C\C/C=C\C/C=C\CCC(=O)OCC(COC1OC(C(=O)O)C(O)C(O)C1OC(=O)CCCCCCCCCCCCCCCCCCC)OC(=O)CCCCCCCCCCC. The van der Waals surface area contributed by atoms with Crippen LogP contribution in [0.5, 0.6) is 0 Å². The van der Waals surface area contributed by atoms with Crippen molar-refractivity contribution < 1.29 is 58.2 Å². The summed E-state index contributed by atoms with van der Waals surface area (Å²) in [7, 11) is 0. The Morgan fingerprint density at radius 1 is 0.453 bits per heavy atom. The summed E-state index contributed by atoms with van der Waals surface area (Å²) in [6, 6.07) is 0. The van der Waals surface area contributed by atoms with E-state index in [1.165, 1.54) is 109 Å². The van der Waals surface area contributed by atoms with Crippen LogP contribution < -0.4 is 0 Å². The maximum absolute atomic E-state index is 13.1. The van der Waals surface area contributed by atoms with Crippen LogP contribution in [-0.4, -0.2) is 89.2 Å². The van der Waals surface area contributed by atoms with E-state index in [4.69, 9.17) is 23.7 Å². The van der Waals surface area contributed by atoms with Crippen molar-refractivity contribution >= 4 is 23.9 Å². The zero-order valence-electron chi connectivity index (χ0n) is 47.3. The Labute approximate surface area is 455 Å². The lowest BCUT2D eigenvalue weighted by atomic mass is 9.98. The molecule has 1 saturated heterocycles. The summed E-state index contributed by atoms with van der Waals surface area (Å²) < 4.78 is 28.3. The molecule has 1 aliphatic heterocycles. The minimum atomic E-state index is -1.91. The number of hydrogen-bond acceptors (Lipinski definition) is 11. The van der Waals surface area contributed by atoms with Gasteiger partial charge in [-0.2, -0.15) is 0 Å². The molecule has 0 aliphatic carbocycles. The van der Waals surface area contributed by atoms with E-state index in [0.717, 1.165) is 83.5 Å². The first-order chi connectivity index (χ1) is 36.6. The van der Waals surface area contributed by atoms with Crippen LogP contribution in [0.15, 0.2) is 72.9 Å². The van der Waals surface area contributed by atoms with Gasteiger partial charge < -0.3 is 39.0 Å². The summed E-state index contributed by atoms with van der Waals surface area (Å²) in [5.74, 6) is -3.22. The second-order valence-electron chi connectivity index (χ2n) is 20.3. The third-order valence-electron chi connectivity index (χ3n) is 13.3. The number of carbonyl (C=O) groups excluding carboxylic acids is 3. The monoisotopic (exact) mass is 1050 g/mol. The first-order valence-corrected chi connectivity index (χ1v) is 29.9. The number of rotatable bonds is 50. The van der Waals surface area contributed by atoms with Crippen molar-refractivity contribution in [3.05, 3.63) is 72.9 Å². The van der Waals surface area contributed by atoms with E-state index < -0.39 is 67.3 Å². The number of carboxylic acids is 1. The molecule has 12 heteroatoms. The molecule has 0 radical (unpaired) electrons. The predicted octanol–water partition coefficient (Wildman–Crippen LogP) is 15.3. The molecular formula is C63H106O12. The number of unbranched alkanes of at least 4 members (excludes halogenated alkanes) is 24. The molecule has 1 rings (SSSR count). The Bertz CT molecular complexity index is 1580. The van der Waals surface area contributed by atoms with E-state index in [1.54, 1.807) is 0 Å². The number of hydrogen-bond donors (Lipinski definition) is 3. The maximum Gasteiger partial charge on any atom is 0.335 e. The molecule has 0 spiro atoms. The first kappa shape index (κ1) is 69.2.